The predicted molar refractivity (Wildman–Crippen MR) is 95.7 cm³/mol. The Hall–Kier alpha value is -1.15. The van der Waals surface area contributed by atoms with Gasteiger partial charge in [-0.3, -0.25) is 0 Å². The van der Waals surface area contributed by atoms with Crippen LogP contribution >= 0.6 is 22.6 Å². The van der Waals surface area contributed by atoms with Gasteiger partial charge in [0, 0.05) is 17.1 Å². The Morgan fingerprint density at radius 2 is 1.65 bits per heavy atom. The van der Waals surface area contributed by atoms with Crippen molar-refractivity contribution < 1.29 is 23.8 Å². The first-order valence-corrected chi connectivity index (χ1v) is 8.73. The van der Waals surface area contributed by atoms with Crippen LogP contribution < -0.4 is 0 Å². The molecule has 1 unspecified atom stereocenters. The van der Waals surface area contributed by atoms with Crippen molar-refractivity contribution in [3.8, 4) is 0 Å². The van der Waals surface area contributed by atoms with Crippen LogP contribution in [0.2, 0.25) is 0 Å². The van der Waals surface area contributed by atoms with Gasteiger partial charge in [-0.15, -0.1) is 0 Å². The molecule has 1 atom stereocenters. The molecular weight excluding hydrogens is 411 g/mol. The van der Waals surface area contributed by atoms with E-state index < -0.39 is 11.9 Å². The quantitative estimate of drug-likeness (QED) is 0.336. The smallest absolute Gasteiger partial charge is 0.338 e. The number of hydrogen-bond donors (Lipinski definition) is 0. The molecule has 0 aromatic heterocycles. The molecule has 0 spiro atoms. The number of halogens is 1. The number of carbonyl (C=O) groups is 2. The molecule has 0 N–H and O–H groups in total. The first-order chi connectivity index (χ1) is 11.0. The number of ether oxygens (including phenoxy) is 3. The minimum absolute atomic E-state index is 0.0304. The SMILES string of the molecule is CCCCOC(=O)c1cc(I)cc(C(=O)OCCC(C)OC)c1. The van der Waals surface area contributed by atoms with Gasteiger partial charge in [-0.1, -0.05) is 13.3 Å². The topological polar surface area (TPSA) is 61.8 Å². The van der Waals surface area contributed by atoms with Gasteiger partial charge in [0.2, 0.25) is 0 Å². The highest BCUT2D eigenvalue weighted by Gasteiger charge is 2.15. The van der Waals surface area contributed by atoms with Crippen LogP contribution in [0.15, 0.2) is 18.2 Å². The van der Waals surface area contributed by atoms with Crippen LogP contribution in [0.5, 0.6) is 0 Å². The molecule has 0 amide bonds. The van der Waals surface area contributed by atoms with E-state index in [-0.39, 0.29) is 12.7 Å². The standard InChI is InChI=1S/C17H23IO5/c1-4-5-7-22-16(19)13-9-14(11-15(18)10-13)17(20)23-8-6-12(2)21-3/h9-12H,4-8H2,1-3H3. The summed E-state index contributed by atoms with van der Waals surface area (Å²) < 4.78 is 16.3. The predicted octanol–water partition coefficient (Wildman–Crippen LogP) is 3.83. The van der Waals surface area contributed by atoms with E-state index in [2.05, 4.69) is 22.6 Å². The van der Waals surface area contributed by atoms with Crippen LogP contribution in [0, 0.1) is 3.57 Å². The molecule has 0 heterocycles. The van der Waals surface area contributed by atoms with Crippen molar-refractivity contribution in [2.45, 2.75) is 39.2 Å². The van der Waals surface area contributed by atoms with E-state index in [1.54, 1.807) is 19.2 Å². The molecule has 0 saturated carbocycles. The fraction of sp³-hybridized carbons (Fsp3) is 0.529. The zero-order chi connectivity index (χ0) is 17.2. The molecule has 1 aromatic carbocycles. The molecule has 1 aromatic rings. The lowest BCUT2D eigenvalue weighted by molar-refractivity contribution is 0.0391. The van der Waals surface area contributed by atoms with Crippen LogP contribution in [-0.2, 0) is 14.2 Å². The zero-order valence-corrected chi connectivity index (χ0v) is 15.9. The molecular formula is C17H23IO5. The van der Waals surface area contributed by atoms with Gasteiger partial charge in [0.15, 0.2) is 0 Å². The molecule has 0 fully saturated rings. The maximum atomic E-state index is 12.1. The van der Waals surface area contributed by atoms with Crippen molar-refractivity contribution in [1.29, 1.82) is 0 Å². The Morgan fingerprint density at radius 1 is 1.09 bits per heavy atom. The summed E-state index contributed by atoms with van der Waals surface area (Å²) in [5, 5.41) is 0. The molecule has 0 saturated heterocycles. The van der Waals surface area contributed by atoms with Gasteiger partial charge in [0.05, 0.1) is 30.4 Å². The normalized spacial score (nSPS) is 11.8. The third-order valence-electron chi connectivity index (χ3n) is 3.26. The first kappa shape index (κ1) is 19.9. The summed E-state index contributed by atoms with van der Waals surface area (Å²) in [7, 11) is 1.61. The number of benzene rings is 1. The van der Waals surface area contributed by atoms with Gasteiger partial charge in [-0.2, -0.15) is 0 Å². The molecule has 0 aliphatic rings. The molecule has 23 heavy (non-hydrogen) atoms. The Bertz CT molecular complexity index is 530. The second-order valence-electron chi connectivity index (χ2n) is 5.19. The van der Waals surface area contributed by atoms with Crippen LogP contribution in [0.25, 0.3) is 0 Å². The summed E-state index contributed by atoms with van der Waals surface area (Å²) in [5.41, 5.74) is 0.717. The summed E-state index contributed by atoms with van der Waals surface area (Å²) in [4.78, 5) is 24.1. The maximum Gasteiger partial charge on any atom is 0.338 e. The zero-order valence-electron chi connectivity index (χ0n) is 13.8. The van der Waals surface area contributed by atoms with E-state index in [4.69, 9.17) is 14.2 Å². The molecule has 0 aliphatic carbocycles. The van der Waals surface area contributed by atoms with Crippen molar-refractivity contribution in [2.75, 3.05) is 20.3 Å². The van der Waals surface area contributed by atoms with E-state index in [1.165, 1.54) is 6.07 Å². The largest absolute Gasteiger partial charge is 0.462 e. The summed E-state index contributed by atoms with van der Waals surface area (Å²) in [5.74, 6) is -0.867. The minimum atomic E-state index is -0.450. The van der Waals surface area contributed by atoms with E-state index in [1.807, 2.05) is 13.8 Å². The Morgan fingerprint density at radius 3 is 2.17 bits per heavy atom. The minimum Gasteiger partial charge on any atom is -0.462 e. The summed E-state index contributed by atoms with van der Waals surface area (Å²) in [6.07, 6.45) is 2.43. The number of hydrogen-bond acceptors (Lipinski definition) is 5. The van der Waals surface area contributed by atoms with Crippen molar-refractivity contribution in [3.05, 3.63) is 32.9 Å². The monoisotopic (exact) mass is 434 g/mol. The van der Waals surface area contributed by atoms with Crippen molar-refractivity contribution in [3.63, 3.8) is 0 Å². The summed E-state index contributed by atoms with van der Waals surface area (Å²) in [6, 6.07) is 4.89. The van der Waals surface area contributed by atoms with Gasteiger partial charge in [0.1, 0.15) is 0 Å². The average Bonchev–Trinajstić information content (AvgIpc) is 2.54. The first-order valence-electron chi connectivity index (χ1n) is 7.65. The van der Waals surface area contributed by atoms with Gasteiger partial charge in [-0.25, -0.2) is 9.59 Å². The fourth-order valence-electron chi connectivity index (χ4n) is 1.74. The number of unbranched alkanes of at least 4 members (excludes halogenated alkanes) is 1. The molecule has 0 aliphatic heterocycles. The van der Waals surface area contributed by atoms with Crippen molar-refractivity contribution in [2.24, 2.45) is 0 Å². The molecule has 1 rings (SSSR count). The highest BCUT2D eigenvalue weighted by atomic mass is 127. The van der Waals surface area contributed by atoms with Gasteiger partial charge in [0.25, 0.3) is 0 Å². The highest BCUT2D eigenvalue weighted by molar-refractivity contribution is 14.1. The van der Waals surface area contributed by atoms with Crippen molar-refractivity contribution in [1.82, 2.24) is 0 Å². The lowest BCUT2D eigenvalue weighted by Gasteiger charge is -2.10. The van der Waals surface area contributed by atoms with E-state index in [0.29, 0.717) is 24.2 Å². The number of esters is 2. The number of carbonyl (C=O) groups excluding carboxylic acids is 2. The fourth-order valence-corrected chi connectivity index (χ4v) is 2.41. The lowest BCUT2D eigenvalue weighted by Crippen LogP contribution is -2.14. The molecule has 5 nitrogen and oxygen atoms in total. The lowest BCUT2D eigenvalue weighted by atomic mass is 10.1. The summed E-state index contributed by atoms with van der Waals surface area (Å²) >= 11 is 2.06. The van der Waals surface area contributed by atoms with E-state index in [0.717, 1.165) is 16.4 Å². The maximum absolute atomic E-state index is 12.1. The van der Waals surface area contributed by atoms with Crippen molar-refractivity contribution >= 4 is 34.5 Å². The van der Waals surface area contributed by atoms with E-state index in [9.17, 15) is 9.59 Å². The Balaban J connectivity index is 2.68. The second-order valence-corrected chi connectivity index (χ2v) is 6.43. The highest BCUT2D eigenvalue weighted by Crippen LogP contribution is 2.15. The average molecular weight is 434 g/mol. The van der Waals surface area contributed by atoms with Crippen LogP contribution in [0.4, 0.5) is 0 Å². The number of methoxy groups -OCH3 is 1. The third-order valence-corrected chi connectivity index (χ3v) is 3.88. The van der Waals surface area contributed by atoms with Crippen LogP contribution in [-0.4, -0.2) is 38.4 Å². The summed E-state index contributed by atoms with van der Waals surface area (Å²) in [6.45, 7) is 4.59. The molecule has 0 bridgehead atoms. The molecule has 0 radical (unpaired) electrons. The second kappa shape index (κ2) is 10.6. The third kappa shape index (κ3) is 7.30. The number of rotatable bonds is 9. The van der Waals surface area contributed by atoms with Gasteiger partial charge in [-0.05, 0) is 54.1 Å². The molecule has 128 valence electrons. The Labute approximate surface area is 150 Å². The van der Waals surface area contributed by atoms with Gasteiger partial charge >= 0.3 is 11.9 Å². The van der Waals surface area contributed by atoms with Crippen LogP contribution in [0.1, 0.15) is 53.8 Å². The van der Waals surface area contributed by atoms with Crippen LogP contribution in [0.3, 0.4) is 0 Å². The van der Waals surface area contributed by atoms with E-state index >= 15 is 0 Å². The Kier molecular flexibility index (Phi) is 9.16. The van der Waals surface area contributed by atoms with Gasteiger partial charge < -0.3 is 14.2 Å². The molecule has 6 heteroatoms.